The van der Waals surface area contributed by atoms with Gasteiger partial charge in [0.2, 0.25) is 0 Å². The number of nitrogens with zero attached hydrogens (tertiary/aromatic N) is 3. The van der Waals surface area contributed by atoms with Gasteiger partial charge in [-0.3, -0.25) is 0 Å². The summed E-state index contributed by atoms with van der Waals surface area (Å²) in [6, 6.07) is 70.4. The normalized spacial score (nSPS) is 13.6. The van der Waals surface area contributed by atoms with E-state index in [4.69, 9.17) is 9.98 Å². The number of aliphatic imine (C=N–C) groups is 2. The Kier molecular flexibility index (Phi) is 7.66. The van der Waals surface area contributed by atoms with Crippen LogP contribution in [0.15, 0.2) is 208 Å². The number of benzene rings is 10. The van der Waals surface area contributed by atoms with E-state index < -0.39 is 21.2 Å². The molecule has 2 heterocycles. The average Bonchev–Trinajstić information content (AvgIpc) is 3.44. The molecule has 1 aromatic heterocycles. The van der Waals surface area contributed by atoms with Gasteiger partial charge in [0, 0.05) is 0 Å². The Morgan fingerprint density at radius 2 is 0.931 bits per heavy atom. The molecule has 58 heavy (non-hydrogen) atoms. The van der Waals surface area contributed by atoms with Gasteiger partial charge in [-0.05, 0) is 0 Å². The van der Waals surface area contributed by atoms with Gasteiger partial charge in [-0.25, -0.2) is 0 Å². The van der Waals surface area contributed by atoms with Gasteiger partial charge in [0.25, 0.3) is 0 Å². The van der Waals surface area contributed by atoms with Gasteiger partial charge in [0.05, 0.1) is 0 Å². The molecule has 272 valence electrons. The number of rotatable bonds is 3. The third-order valence-corrected chi connectivity index (χ3v) is 13.9. The molecule has 10 aromatic carbocycles. The van der Waals surface area contributed by atoms with Crippen molar-refractivity contribution in [2.75, 3.05) is 0 Å². The van der Waals surface area contributed by atoms with Crippen LogP contribution in [0.2, 0.25) is 0 Å². The summed E-state index contributed by atoms with van der Waals surface area (Å²) >= 11 is -0.779. The maximum atomic E-state index is 5.68. The van der Waals surface area contributed by atoms with E-state index in [0.29, 0.717) is 0 Å². The summed E-state index contributed by atoms with van der Waals surface area (Å²) in [5.41, 5.74) is 7.80. The van der Waals surface area contributed by atoms with Crippen molar-refractivity contribution in [3.05, 3.63) is 209 Å². The van der Waals surface area contributed by atoms with Gasteiger partial charge in [-0.2, -0.15) is 0 Å². The molecule has 12 rings (SSSR count). The summed E-state index contributed by atoms with van der Waals surface area (Å²) in [5.74, 6) is 0.732. The molecule has 0 spiro atoms. The Bertz CT molecular complexity index is 3530. The molecular formula is C54H33IN3-. The van der Waals surface area contributed by atoms with Crippen LogP contribution in [0.3, 0.4) is 0 Å². The summed E-state index contributed by atoms with van der Waals surface area (Å²) in [6.07, 6.45) is 0. The Hall–Kier alpha value is -6.89. The molecule has 0 atom stereocenters. The molecule has 0 fully saturated rings. The minimum atomic E-state index is -0.779. The Balaban J connectivity index is 1.15. The zero-order valence-corrected chi connectivity index (χ0v) is 33.4. The molecule has 0 radical (unpaired) electrons. The molecule has 0 unspecified atom stereocenters. The first kappa shape index (κ1) is 33.3. The number of halogens is 1. The average molecular weight is 851 g/mol. The second kappa shape index (κ2) is 13.4. The van der Waals surface area contributed by atoms with Crippen LogP contribution < -0.4 is 21.2 Å². The van der Waals surface area contributed by atoms with Crippen LogP contribution >= 0.6 is 0 Å². The molecule has 0 bridgehead atoms. The Morgan fingerprint density at radius 1 is 0.362 bits per heavy atom. The molecule has 0 N–H and O–H groups in total. The van der Waals surface area contributed by atoms with Crippen LogP contribution in [0, 0.1) is 0 Å². The van der Waals surface area contributed by atoms with E-state index in [0.717, 1.165) is 37.4 Å². The molecule has 1 aliphatic rings. The van der Waals surface area contributed by atoms with Crippen molar-refractivity contribution in [3.8, 4) is 11.1 Å². The van der Waals surface area contributed by atoms with E-state index in [9.17, 15) is 0 Å². The first-order valence-corrected chi connectivity index (χ1v) is 21.9. The molecule has 3 nitrogen and oxygen atoms in total. The monoisotopic (exact) mass is 850 g/mol. The third-order valence-electron chi connectivity index (χ3n) is 11.7. The summed E-state index contributed by atoms with van der Waals surface area (Å²) < 4.78 is 5.88. The van der Waals surface area contributed by atoms with Crippen molar-refractivity contribution in [3.63, 3.8) is 0 Å². The standard InChI is InChI=1S/C54H33IN3/c1-2-13-34(14-3-1)35-25-27-37(28-26-35)48-33-55-54(57-53(56-48)46-24-12-18-36-15-6-7-19-40(36)46)58-49-30-29-45-43-22-9-8-20-41(43)42-21-10-11-23-44(42)51(45)52(49)47-31-38-16-4-5-17-39(38)32-50(47)58/h1-33H/q-1. The fourth-order valence-corrected chi connectivity index (χ4v) is 11.2. The van der Waals surface area contributed by atoms with Gasteiger partial charge in [0.1, 0.15) is 0 Å². The molecule has 1 aliphatic heterocycles. The molecule has 0 amide bonds. The summed E-state index contributed by atoms with van der Waals surface area (Å²) in [4.78, 5) is 11.1. The van der Waals surface area contributed by atoms with Crippen molar-refractivity contribution in [1.82, 2.24) is 4.57 Å². The fraction of sp³-hybridized carbons (Fsp3) is 0. The van der Waals surface area contributed by atoms with Gasteiger partial charge in [-0.15, -0.1) is 0 Å². The minimum absolute atomic E-state index is 0.732. The van der Waals surface area contributed by atoms with E-state index in [1.54, 1.807) is 0 Å². The summed E-state index contributed by atoms with van der Waals surface area (Å²) in [7, 11) is 0. The van der Waals surface area contributed by atoms with Gasteiger partial charge in [-0.1, -0.05) is 0 Å². The van der Waals surface area contributed by atoms with E-state index >= 15 is 0 Å². The molecule has 11 aromatic rings. The zero-order valence-electron chi connectivity index (χ0n) is 31.3. The third kappa shape index (κ3) is 5.25. The molecule has 0 saturated heterocycles. The topological polar surface area (TPSA) is 29.6 Å². The van der Waals surface area contributed by atoms with Crippen LogP contribution in [0.25, 0.3) is 92.5 Å². The second-order valence-corrected chi connectivity index (χ2v) is 17.1. The van der Waals surface area contributed by atoms with E-state index in [1.807, 2.05) is 0 Å². The predicted octanol–water partition coefficient (Wildman–Crippen LogP) is 11.0. The van der Waals surface area contributed by atoms with Crippen LogP contribution in [-0.4, -0.2) is 14.2 Å². The van der Waals surface area contributed by atoms with Crippen molar-refractivity contribution < 1.29 is 21.2 Å². The van der Waals surface area contributed by atoms with Crippen molar-refractivity contribution in [1.29, 1.82) is 0 Å². The van der Waals surface area contributed by atoms with Gasteiger partial charge < -0.3 is 0 Å². The number of aromatic nitrogens is 1. The van der Waals surface area contributed by atoms with E-state index in [2.05, 4.69) is 203 Å². The first-order chi connectivity index (χ1) is 28.8. The Morgan fingerprint density at radius 3 is 1.69 bits per heavy atom. The fourth-order valence-electron chi connectivity index (χ4n) is 8.99. The number of hydrogen-bond donors (Lipinski definition) is 0. The SMILES string of the molecule is C1=C(c2ccc(-c3ccccc3)cc2)N=C(c2cccc3ccccc23)N=C(n2c3cc4ccccc4cc3c3c4c5ccccc5c5ccccc5c4ccc32)[I-]1. The van der Waals surface area contributed by atoms with Gasteiger partial charge >= 0.3 is 347 Å². The summed E-state index contributed by atoms with van der Waals surface area (Å²) in [6.45, 7) is 0. The zero-order chi connectivity index (χ0) is 38.2. The summed E-state index contributed by atoms with van der Waals surface area (Å²) in [5, 5.41) is 14.9. The van der Waals surface area contributed by atoms with E-state index in [1.165, 1.54) is 75.9 Å². The molecule has 0 aliphatic carbocycles. The number of fused-ring (bicyclic) bond motifs is 12. The second-order valence-electron chi connectivity index (χ2n) is 14.9. The molecule has 4 heteroatoms. The van der Waals surface area contributed by atoms with Crippen LogP contribution in [0.1, 0.15) is 11.1 Å². The van der Waals surface area contributed by atoms with Crippen LogP contribution in [-0.2, 0) is 0 Å². The van der Waals surface area contributed by atoms with Crippen molar-refractivity contribution in [2.45, 2.75) is 0 Å². The van der Waals surface area contributed by atoms with Crippen LogP contribution in [0.4, 0.5) is 0 Å². The van der Waals surface area contributed by atoms with E-state index in [-0.39, 0.29) is 0 Å². The molecule has 0 saturated carbocycles. The maximum absolute atomic E-state index is 5.68. The number of hydrogen-bond acceptors (Lipinski definition) is 2. The van der Waals surface area contributed by atoms with Crippen molar-refractivity contribution >= 4 is 91.0 Å². The van der Waals surface area contributed by atoms with Crippen LogP contribution in [0.5, 0.6) is 0 Å². The predicted molar refractivity (Wildman–Crippen MR) is 243 cm³/mol. The Labute approximate surface area is 345 Å². The first-order valence-electron chi connectivity index (χ1n) is 19.6. The van der Waals surface area contributed by atoms with Crippen molar-refractivity contribution in [2.24, 2.45) is 9.98 Å². The number of amidine groups is 1. The molecular weight excluding hydrogens is 818 g/mol. The quantitative estimate of drug-likeness (QED) is 0.125. The van der Waals surface area contributed by atoms with Gasteiger partial charge in [0.15, 0.2) is 0 Å².